The quantitative estimate of drug-likeness (QED) is 0.772. The summed E-state index contributed by atoms with van der Waals surface area (Å²) >= 11 is 5.18. The van der Waals surface area contributed by atoms with Gasteiger partial charge in [-0.05, 0) is 42.3 Å². The molecule has 0 saturated carbocycles. The largest absolute Gasteiger partial charge is 0.488 e. The predicted molar refractivity (Wildman–Crippen MR) is 52.0 cm³/mol. The molecule has 0 atom stereocenters. The summed E-state index contributed by atoms with van der Waals surface area (Å²) in [6.45, 7) is 1.58. The van der Waals surface area contributed by atoms with Gasteiger partial charge in [0.15, 0.2) is 0 Å². The van der Waals surface area contributed by atoms with Crippen molar-refractivity contribution < 1.29 is 21.3 Å². The molecule has 0 N–H and O–H groups in total. The molecule has 0 aliphatic rings. The highest BCUT2D eigenvalue weighted by Crippen LogP contribution is 2.20. The van der Waals surface area contributed by atoms with Gasteiger partial charge in [0.2, 0.25) is 0 Å². The van der Waals surface area contributed by atoms with Crippen molar-refractivity contribution in [2.45, 2.75) is 6.92 Å². The Morgan fingerprint density at radius 3 is 2.47 bits per heavy atom. The van der Waals surface area contributed by atoms with Crippen LogP contribution in [-0.2, 0) is 10.5 Å². The second-order valence-corrected chi connectivity index (χ2v) is 4.08. The Bertz CT molecular complexity index is 497. The van der Waals surface area contributed by atoms with Crippen molar-refractivity contribution >= 4 is 27.3 Å². The third-order valence-electron chi connectivity index (χ3n) is 1.47. The van der Waals surface area contributed by atoms with Crippen LogP contribution >= 0.6 is 11.6 Å². The molecule has 15 heavy (non-hydrogen) atoms. The molecule has 1 rings (SSSR count). The van der Waals surface area contributed by atoms with E-state index in [4.69, 9.17) is 11.6 Å². The second-order valence-electron chi connectivity index (χ2n) is 2.78. The smallest absolute Gasteiger partial charge is 0.358 e. The van der Waals surface area contributed by atoms with E-state index >= 15 is 0 Å². The highest BCUT2D eigenvalue weighted by atomic mass is 35.5. The number of hydrogen-bond donors (Lipinski definition) is 0. The maximum atomic E-state index is 12.2. The fourth-order valence-corrected chi connectivity index (χ4v) is 1.46. The number of rotatable bonds is 3. The molecule has 0 saturated heterocycles. The van der Waals surface area contributed by atoms with E-state index in [0.717, 1.165) is 6.07 Å². The van der Waals surface area contributed by atoms with Crippen molar-refractivity contribution in [2.24, 2.45) is 0 Å². The van der Waals surface area contributed by atoms with Crippen molar-refractivity contribution in [3.63, 3.8) is 0 Å². The number of aryl methyl sites for hydroxylation is 1. The highest BCUT2D eigenvalue weighted by Gasteiger charge is 2.12. The van der Waals surface area contributed by atoms with E-state index in [-0.39, 0.29) is 11.3 Å². The predicted octanol–water partition coefficient (Wildman–Crippen LogP) is 1.97. The minimum absolute atomic E-state index is 0.0373. The fourth-order valence-electron chi connectivity index (χ4n) is 1.02. The molecule has 0 unspecified atom stereocenters. The van der Waals surface area contributed by atoms with Crippen molar-refractivity contribution in [1.29, 1.82) is 0 Å². The Labute approximate surface area is 91.0 Å². The summed E-state index contributed by atoms with van der Waals surface area (Å²) in [6.07, 6.45) is 0. The summed E-state index contributed by atoms with van der Waals surface area (Å²) in [5.74, 6) is -0.290. The number of carbonyl (C=O) groups excluding carboxylic acids is 1. The number of halogens is 2. The zero-order chi connectivity index (χ0) is 11.6. The topological polar surface area (TPSA) is 60.4 Å². The zero-order valence-corrected chi connectivity index (χ0v) is 9.10. The van der Waals surface area contributed by atoms with Gasteiger partial charge in [-0.2, -0.15) is 8.42 Å². The molecule has 1 aromatic carbocycles. The van der Waals surface area contributed by atoms with E-state index in [9.17, 15) is 17.1 Å². The SMILES string of the molecule is Cc1cc(OS(=O)(=O)F)cc(C(=O)Cl)c1. The molecule has 0 aliphatic heterocycles. The van der Waals surface area contributed by atoms with Crippen LogP contribution in [0.3, 0.4) is 0 Å². The Morgan fingerprint density at radius 2 is 2.00 bits per heavy atom. The summed E-state index contributed by atoms with van der Waals surface area (Å²) in [6, 6.07) is 3.73. The molecule has 0 bridgehead atoms. The van der Waals surface area contributed by atoms with Gasteiger partial charge < -0.3 is 4.18 Å². The molecule has 0 aliphatic carbocycles. The average Bonchev–Trinajstić information content (AvgIpc) is 1.99. The molecule has 0 spiro atoms. The number of carbonyl (C=O) groups is 1. The molecule has 0 radical (unpaired) electrons. The first-order valence-electron chi connectivity index (χ1n) is 3.73. The molecule has 0 heterocycles. The summed E-state index contributed by atoms with van der Waals surface area (Å²) in [5.41, 5.74) is 0.565. The summed E-state index contributed by atoms with van der Waals surface area (Å²) in [7, 11) is -5.09. The fraction of sp³-hybridized carbons (Fsp3) is 0.125. The summed E-state index contributed by atoms with van der Waals surface area (Å²) in [5, 5.41) is -0.778. The van der Waals surface area contributed by atoms with E-state index in [2.05, 4.69) is 4.18 Å². The lowest BCUT2D eigenvalue weighted by Gasteiger charge is -2.03. The van der Waals surface area contributed by atoms with Crippen LogP contribution in [0.5, 0.6) is 5.75 Å². The van der Waals surface area contributed by atoms with Crippen LogP contribution in [0.4, 0.5) is 3.89 Å². The number of hydrogen-bond acceptors (Lipinski definition) is 4. The van der Waals surface area contributed by atoms with Gasteiger partial charge in [0.05, 0.1) is 0 Å². The van der Waals surface area contributed by atoms with Crippen molar-refractivity contribution in [3.8, 4) is 5.75 Å². The Kier molecular flexibility index (Phi) is 3.31. The van der Waals surface area contributed by atoms with Gasteiger partial charge in [-0.1, -0.05) is 3.89 Å². The normalized spacial score (nSPS) is 11.1. The average molecular weight is 253 g/mol. The van der Waals surface area contributed by atoms with Crippen LogP contribution in [0.2, 0.25) is 0 Å². The minimum atomic E-state index is -5.09. The molecule has 1 aromatic rings. The Balaban J connectivity index is 3.15. The molecule has 4 nitrogen and oxygen atoms in total. The van der Waals surface area contributed by atoms with Crippen LogP contribution in [0.15, 0.2) is 18.2 Å². The van der Waals surface area contributed by atoms with E-state index in [0.29, 0.717) is 5.56 Å². The van der Waals surface area contributed by atoms with Gasteiger partial charge in [0.1, 0.15) is 5.75 Å². The van der Waals surface area contributed by atoms with E-state index < -0.39 is 15.7 Å². The number of benzene rings is 1. The lowest BCUT2D eigenvalue weighted by atomic mass is 10.1. The first-order chi connectivity index (χ1) is 6.78. The first kappa shape index (κ1) is 11.9. The highest BCUT2D eigenvalue weighted by molar-refractivity contribution is 7.81. The van der Waals surface area contributed by atoms with Crippen molar-refractivity contribution in [2.75, 3.05) is 0 Å². The van der Waals surface area contributed by atoms with E-state index in [1.54, 1.807) is 6.92 Å². The molecular formula is C8H6ClFO4S. The van der Waals surface area contributed by atoms with Gasteiger partial charge >= 0.3 is 10.5 Å². The van der Waals surface area contributed by atoms with Gasteiger partial charge in [0, 0.05) is 5.56 Å². The first-order valence-corrected chi connectivity index (χ1v) is 5.42. The van der Waals surface area contributed by atoms with E-state index in [1.807, 2.05) is 0 Å². The van der Waals surface area contributed by atoms with Gasteiger partial charge in [-0.25, -0.2) is 0 Å². The van der Waals surface area contributed by atoms with Gasteiger partial charge in [0.25, 0.3) is 5.24 Å². The van der Waals surface area contributed by atoms with Gasteiger partial charge in [-0.3, -0.25) is 4.79 Å². The molecule has 0 aromatic heterocycles. The maximum Gasteiger partial charge on any atom is 0.488 e. The van der Waals surface area contributed by atoms with Crippen LogP contribution in [0.25, 0.3) is 0 Å². The van der Waals surface area contributed by atoms with Crippen LogP contribution in [0, 0.1) is 6.92 Å². The standard InChI is InChI=1S/C8H6ClFO4S/c1-5-2-6(8(9)11)4-7(3-5)14-15(10,12)13/h2-4H,1H3. The minimum Gasteiger partial charge on any atom is -0.358 e. The van der Waals surface area contributed by atoms with Crippen LogP contribution in [-0.4, -0.2) is 13.7 Å². The van der Waals surface area contributed by atoms with Crippen LogP contribution in [0.1, 0.15) is 15.9 Å². The molecular weight excluding hydrogens is 247 g/mol. The second kappa shape index (κ2) is 4.16. The molecule has 0 fully saturated rings. The zero-order valence-electron chi connectivity index (χ0n) is 7.53. The molecule has 82 valence electrons. The van der Waals surface area contributed by atoms with Crippen LogP contribution < -0.4 is 4.18 Å². The van der Waals surface area contributed by atoms with Crippen molar-refractivity contribution in [1.82, 2.24) is 0 Å². The monoisotopic (exact) mass is 252 g/mol. The Morgan fingerprint density at radius 1 is 1.40 bits per heavy atom. The van der Waals surface area contributed by atoms with Gasteiger partial charge in [-0.15, -0.1) is 0 Å². The maximum absolute atomic E-state index is 12.2. The lowest BCUT2D eigenvalue weighted by Crippen LogP contribution is -2.02. The summed E-state index contributed by atoms with van der Waals surface area (Å²) in [4.78, 5) is 10.8. The molecule has 7 heteroatoms. The lowest BCUT2D eigenvalue weighted by molar-refractivity contribution is 0.108. The third-order valence-corrected chi connectivity index (χ3v) is 2.08. The third kappa shape index (κ3) is 3.85. The Hall–Kier alpha value is -1.14. The summed E-state index contributed by atoms with van der Waals surface area (Å²) < 4.78 is 36.5. The molecule has 0 amide bonds. The van der Waals surface area contributed by atoms with Crippen molar-refractivity contribution in [3.05, 3.63) is 29.3 Å². The van der Waals surface area contributed by atoms with E-state index in [1.165, 1.54) is 12.1 Å².